The van der Waals surface area contributed by atoms with Crippen LogP contribution in [0.5, 0.6) is 17.2 Å². The number of nitrogens with zero attached hydrogens (tertiary/aromatic N) is 1. The molecule has 0 aliphatic carbocycles. The number of hydrogen-bond donors (Lipinski definition) is 0. The molecule has 0 unspecified atom stereocenters. The van der Waals surface area contributed by atoms with Gasteiger partial charge in [0, 0.05) is 19.5 Å². The van der Waals surface area contributed by atoms with Gasteiger partial charge in [-0.3, -0.25) is 4.79 Å². The van der Waals surface area contributed by atoms with Gasteiger partial charge in [-0.2, -0.15) is 0 Å². The van der Waals surface area contributed by atoms with Crippen molar-refractivity contribution in [3.05, 3.63) is 53.1 Å². The molecule has 2 aromatic carbocycles. The van der Waals surface area contributed by atoms with E-state index in [0.29, 0.717) is 36.0 Å². The molecule has 0 aromatic heterocycles. The fourth-order valence-electron chi connectivity index (χ4n) is 4.36. The van der Waals surface area contributed by atoms with Crippen LogP contribution in [0.2, 0.25) is 0 Å². The minimum Gasteiger partial charge on any atom is -0.493 e. The molecular formula is C26H35NO4. The summed E-state index contributed by atoms with van der Waals surface area (Å²) in [7, 11) is 4.81. The fraction of sp³-hybridized carbons (Fsp3) is 0.500. The second-order valence-electron chi connectivity index (χ2n) is 8.34. The first kappa shape index (κ1) is 23.0. The van der Waals surface area contributed by atoms with Crippen LogP contribution in [0.4, 0.5) is 0 Å². The molecule has 0 bridgehead atoms. The summed E-state index contributed by atoms with van der Waals surface area (Å²) in [6.07, 6.45) is 5.61. The van der Waals surface area contributed by atoms with Crippen molar-refractivity contribution in [2.24, 2.45) is 5.92 Å². The number of amides is 1. The standard InChI is InChI=1S/C26H35NO4/c1-19-5-7-20(8-6-19)9-10-21-15-17-27(18-16-21)24(28)14-12-22-11-13-23(29-2)26(31-4)25(22)30-3/h5-8,11,13,21H,9-10,12,14-18H2,1-4H3. The number of benzene rings is 2. The Hall–Kier alpha value is -2.69. The molecule has 0 N–H and O–H groups in total. The molecule has 1 saturated heterocycles. The minimum absolute atomic E-state index is 0.217. The molecule has 1 aliphatic heterocycles. The molecule has 2 aromatic rings. The number of aryl methyl sites for hydroxylation is 3. The fourth-order valence-corrected chi connectivity index (χ4v) is 4.36. The van der Waals surface area contributed by atoms with Gasteiger partial charge in [0.25, 0.3) is 0 Å². The zero-order valence-corrected chi connectivity index (χ0v) is 19.3. The number of carbonyl (C=O) groups is 1. The number of methoxy groups -OCH3 is 3. The highest BCUT2D eigenvalue weighted by Crippen LogP contribution is 2.40. The number of carbonyl (C=O) groups excluding carboxylic acids is 1. The summed E-state index contributed by atoms with van der Waals surface area (Å²) < 4.78 is 16.3. The van der Waals surface area contributed by atoms with Gasteiger partial charge in [-0.05, 0) is 62.1 Å². The molecule has 1 fully saturated rings. The van der Waals surface area contributed by atoms with Crippen LogP contribution in [0.3, 0.4) is 0 Å². The van der Waals surface area contributed by atoms with Gasteiger partial charge in [-0.25, -0.2) is 0 Å². The lowest BCUT2D eigenvalue weighted by Gasteiger charge is -2.32. The van der Waals surface area contributed by atoms with Crippen molar-refractivity contribution < 1.29 is 19.0 Å². The third-order valence-electron chi connectivity index (χ3n) is 6.32. The van der Waals surface area contributed by atoms with Crippen molar-refractivity contribution in [2.75, 3.05) is 34.4 Å². The molecule has 1 heterocycles. The number of likely N-dealkylation sites (tertiary alicyclic amines) is 1. The van der Waals surface area contributed by atoms with Crippen molar-refractivity contribution in [3.8, 4) is 17.2 Å². The zero-order chi connectivity index (χ0) is 22.2. The van der Waals surface area contributed by atoms with E-state index in [-0.39, 0.29) is 5.91 Å². The number of hydrogen-bond acceptors (Lipinski definition) is 4. The maximum absolute atomic E-state index is 12.8. The van der Waals surface area contributed by atoms with E-state index in [2.05, 4.69) is 31.2 Å². The summed E-state index contributed by atoms with van der Waals surface area (Å²) in [5, 5.41) is 0. The lowest BCUT2D eigenvalue weighted by molar-refractivity contribution is -0.132. The Morgan fingerprint density at radius 1 is 0.903 bits per heavy atom. The Bertz CT molecular complexity index is 854. The normalized spacial score (nSPS) is 14.4. The van der Waals surface area contributed by atoms with E-state index in [1.807, 2.05) is 17.0 Å². The molecule has 0 saturated carbocycles. The second kappa shape index (κ2) is 11.1. The van der Waals surface area contributed by atoms with Gasteiger partial charge in [-0.1, -0.05) is 35.9 Å². The van der Waals surface area contributed by atoms with Gasteiger partial charge in [0.05, 0.1) is 21.3 Å². The van der Waals surface area contributed by atoms with E-state index >= 15 is 0 Å². The smallest absolute Gasteiger partial charge is 0.222 e. The van der Waals surface area contributed by atoms with Crippen LogP contribution in [0.15, 0.2) is 36.4 Å². The Morgan fingerprint density at radius 2 is 1.58 bits per heavy atom. The lowest BCUT2D eigenvalue weighted by Crippen LogP contribution is -2.38. The maximum Gasteiger partial charge on any atom is 0.222 e. The Morgan fingerprint density at radius 3 is 2.19 bits per heavy atom. The van der Waals surface area contributed by atoms with Crippen LogP contribution in [0, 0.1) is 12.8 Å². The summed E-state index contributed by atoms with van der Waals surface area (Å²) in [5.74, 6) is 2.76. The van der Waals surface area contributed by atoms with Crippen molar-refractivity contribution in [1.82, 2.24) is 4.90 Å². The molecular weight excluding hydrogens is 390 g/mol. The highest BCUT2D eigenvalue weighted by Gasteiger charge is 2.23. The molecule has 0 atom stereocenters. The highest BCUT2D eigenvalue weighted by atomic mass is 16.5. The van der Waals surface area contributed by atoms with Crippen LogP contribution < -0.4 is 14.2 Å². The molecule has 5 nitrogen and oxygen atoms in total. The third-order valence-corrected chi connectivity index (χ3v) is 6.32. The summed E-state index contributed by atoms with van der Waals surface area (Å²) in [4.78, 5) is 14.8. The van der Waals surface area contributed by atoms with Crippen molar-refractivity contribution in [2.45, 2.75) is 45.4 Å². The summed E-state index contributed by atoms with van der Waals surface area (Å²) >= 11 is 0. The largest absolute Gasteiger partial charge is 0.493 e. The monoisotopic (exact) mass is 425 g/mol. The van der Waals surface area contributed by atoms with Gasteiger partial charge in [0.1, 0.15) is 0 Å². The number of ether oxygens (including phenoxy) is 3. The molecule has 5 heteroatoms. The second-order valence-corrected chi connectivity index (χ2v) is 8.34. The van der Waals surface area contributed by atoms with Gasteiger partial charge in [0.2, 0.25) is 11.7 Å². The summed E-state index contributed by atoms with van der Waals surface area (Å²) in [6.45, 7) is 3.85. The molecule has 31 heavy (non-hydrogen) atoms. The highest BCUT2D eigenvalue weighted by molar-refractivity contribution is 5.76. The zero-order valence-electron chi connectivity index (χ0n) is 19.3. The van der Waals surface area contributed by atoms with E-state index in [0.717, 1.165) is 37.9 Å². The van der Waals surface area contributed by atoms with Crippen molar-refractivity contribution in [3.63, 3.8) is 0 Å². The van der Waals surface area contributed by atoms with E-state index in [4.69, 9.17) is 14.2 Å². The first-order valence-electron chi connectivity index (χ1n) is 11.2. The minimum atomic E-state index is 0.217. The molecule has 0 spiro atoms. The van der Waals surface area contributed by atoms with Crippen LogP contribution >= 0.6 is 0 Å². The predicted molar refractivity (Wildman–Crippen MR) is 123 cm³/mol. The topological polar surface area (TPSA) is 48.0 Å². The van der Waals surface area contributed by atoms with Crippen LogP contribution in [0.1, 0.15) is 42.4 Å². The van der Waals surface area contributed by atoms with E-state index in [9.17, 15) is 4.79 Å². The SMILES string of the molecule is COc1ccc(CCC(=O)N2CCC(CCc3ccc(C)cc3)CC2)c(OC)c1OC. The van der Waals surface area contributed by atoms with Crippen LogP contribution in [-0.2, 0) is 17.6 Å². The first-order chi connectivity index (χ1) is 15.0. The Labute approximate surface area is 186 Å². The quantitative estimate of drug-likeness (QED) is 0.578. The first-order valence-corrected chi connectivity index (χ1v) is 11.2. The van der Waals surface area contributed by atoms with Gasteiger partial charge >= 0.3 is 0 Å². The van der Waals surface area contributed by atoms with Gasteiger partial charge in [0.15, 0.2) is 11.5 Å². The van der Waals surface area contributed by atoms with Gasteiger partial charge in [-0.15, -0.1) is 0 Å². The van der Waals surface area contributed by atoms with Gasteiger partial charge < -0.3 is 19.1 Å². The Balaban J connectivity index is 1.47. The van der Waals surface area contributed by atoms with Crippen LogP contribution in [0.25, 0.3) is 0 Å². The van der Waals surface area contributed by atoms with E-state index in [1.165, 1.54) is 17.5 Å². The van der Waals surface area contributed by atoms with E-state index in [1.54, 1.807) is 21.3 Å². The number of piperidine rings is 1. The lowest BCUT2D eigenvalue weighted by atomic mass is 9.90. The average molecular weight is 426 g/mol. The predicted octanol–water partition coefficient (Wildman–Crippen LogP) is 4.82. The van der Waals surface area contributed by atoms with Crippen molar-refractivity contribution in [1.29, 1.82) is 0 Å². The molecule has 3 rings (SSSR count). The maximum atomic E-state index is 12.8. The third kappa shape index (κ3) is 5.93. The summed E-state index contributed by atoms with van der Waals surface area (Å²) in [5.41, 5.74) is 3.68. The summed E-state index contributed by atoms with van der Waals surface area (Å²) in [6, 6.07) is 12.6. The molecule has 1 aliphatic rings. The van der Waals surface area contributed by atoms with E-state index < -0.39 is 0 Å². The average Bonchev–Trinajstić information content (AvgIpc) is 2.81. The Kier molecular flexibility index (Phi) is 8.21. The van der Waals surface area contributed by atoms with Crippen molar-refractivity contribution >= 4 is 5.91 Å². The molecule has 168 valence electrons. The molecule has 1 amide bonds. The van der Waals surface area contributed by atoms with Crippen LogP contribution in [-0.4, -0.2) is 45.2 Å². The molecule has 0 radical (unpaired) electrons. The number of rotatable bonds is 9.